The minimum absolute atomic E-state index is 0.286. The van der Waals surface area contributed by atoms with Gasteiger partial charge >= 0.3 is 0 Å². The van der Waals surface area contributed by atoms with Crippen molar-refractivity contribution in [1.82, 2.24) is 15.5 Å². The Bertz CT molecular complexity index is 442. The highest BCUT2D eigenvalue weighted by Crippen LogP contribution is 2.30. The lowest BCUT2D eigenvalue weighted by Crippen LogP contribution is -2.32. The molecule has 2 rings (SSSR count). The summed E-state index contributed by atoms with van der Waals surface area (Å²) in [6.07, 6.45) is 3.45. The fourth-order valence-corrected chi connectivity index (χ4v) is 2.36. The van der Waals surface area contributed by atoms with Gasteiger partial charge in [0.2, 0.25) is 0 Å². The number of nitrogens with one attached hydrogen (secondary N) is 1. The van der Waals surface area contributed by atoms with Gasteiger partial charge in [-0.2, -0.15) is 5.10 Å². The molecule has 0 aliphatic carbocycles. The Labute approximate surface area is 115 Å². The van der Waals surface area contributed by atoms with Crippen LogP contribution >= 0.6 is 0 Å². The van der Waals surface area contributed by atoms with Crippen LogP contribution in [0.5, 0.6) is 0 Å². The average Bonchev–Trinajstić information content (AvgIpc) is 2.39. The van der Waals surface area contributed by atoms with Crippen molar-refractivity contribution in [3.63, 3.8) is 0 Å². The van der Waals surface area contributed by atoms with Crippen LogP contribution in [0.15, 0.2) is 23.8 Å². The molecule has 1 aliphatic rings. The Morgan fingerprint density at radius 1 is 1.26 bits per heavy atom. The predicted octanol–water partition coefficient (Wildman–Crippen LogP) is 2.38. The molecule has 0 aromatic carbocycles. The lowest BCUT2D eigenvalue weighted by Gasteiger charge is -2.32. The van der Waals surface area contributed by atoms with Gasteiger partial charge in [-0.1, -0.05) is 32.4 Å². The van der Waals surface area contributed by atoms with Crippen molar-refractivity contribution in [3.8, 4) is 0 Å². The molecule has 0 radical (unpaired) electrons. The van der Waals surface area contributed by atoms with Crippen LogP contribution in [0.2, 0.25) is 0 Å². The first-order chi connectivity index (χ1) is 9.00. The fraction of sp³-hybridized carbons (Fsp3) is 0.600. The number of nitrogens with zero attached hydrogens (tertiary/aromatic N) is 3. The van der Waals surface area contributed by atoms with Gasteiger partial charge in [0.1, 0.15) is 0 Å². The van der Waals surface area contributed by atoms with Crippen molar-refractivity contribution < 1.29 is 0 Å². The van der Waals surface area contributed by atoms with Crippen LogP contribution in [0.25, 0.3) is 0 Å². The summed E-state index contributed by atoms with van der Waals surface area (Å²) < 4.78 is 0. The van der Waals surface area contributed by atoms with Gasteiger partial charge in [0.05, 0.1) is 5.69 Å². The van der Waals surface area contributed by atoms with Crippen LogP contribution in [-0.4, -0.2) is 30.3 Å². The van der Waals surface area contributed by atoms with E-state index in [4.69, 9.17) is 0 Å². The summed E-state index contributed by atoms with van der Waals surface area (Å²) in [5, 5.41) is 11.6. The zero-order chi connectivity index (χ0) is 13.9. The SMILES string of the molecule is CNCc1ccc(N2CC=C(C(C)(C)C)CC2)nn1. The van der Waals surface area contributed by atoms with E-state index >= 15 is 0 Å². The molecule has 0 fully saturated rings. The molecule has 19 heavy (non-hydrogen) atoms. The maximum Gasteiger partial charge on any atom is 0.151 e. The van der Waals surface area contributed by atoms with E-state index in [2.05, 4.69) is 53.3 Å². The van der Waals surface area contributed by atoms with E-state index < -0.39 is 0 Å². The lowest BCUT2D eigenvalue weighted by molar-refractivity contribution is 0.472. The third kappa shape index (κ3) is 3.53. The van der Waals surface area contributed by atoms with Gasteiger partial charge < -0.3 is 10.2 Å². The third-order valence-corrected chi connectivity index (χ3v) is 3.56. The smallest absolute Gasteiger partial charge is 0.151 e. The number of hydrogen-bond donors (Lipinski definition) is 1. The largest absolute Gasteiger partial charge is 0.351 e. The van der Waals surface area contributed by atoms with Gasteiger partial charge in [-0.25, -0.2) is 0 Å². The number of hydrogen-bond acceptors (Lipinski definition) is 4. The van der Waals surface area contributed by atoms with E-state index in [1.165, 1.54) is 0 Å². The van der Waals surface area contributed by atoms with Gasteiger partial charge in [0.25, 0.3) is 0 Å². The standard InChI is InChI=1S/C15H24N4/c1-15(2,3)12-7-9-19(10-8-12)14-6-5-13(11-16-4)17-18-14/h5-7,16H,8-11H2,1-4H3. The summed E-state index contributed by atoms with van der Waals surface area (Å²) in [6.45, 7) is 9.57. The van der Waals surface area contributed by atoms with Crippen molar-refractivity contribution in [3.05, 3.63) is 29.5 Å². The van der Waals surface area contributed by atoms with E-state index in [1.807, 2.05) is 13.1 Å². The fourth-order valence-electron chi connectivity index (χ4n) is 2.36. The van der Waals surface area contributed by atoms with Crippen molar-refractivity contribution in [2.75, 3.05) is 25.0 Å². The molecular formula is C15H24N4. The molecule has 0 saturated carbocycles. The van der Waals surface area contributed by atoms with Crippen LogP contribution < -0.4 is 10.2 Å². The Kier molecular flexibility index (Phi) is 4.20. The molecule has 0 saturated heterocycles. The first-order valence-corrected chi connectivity index (χ1v) is 6.92. The second kappa shape index (κ2) is 5.70. The molecule has 2 heterocycles. The van der Waals surface area contributed by atoms with E-state index in [0.717, 1.165) is 37.6 Å². The molecule has 1 aromatic rings. The van der Waals surface area contributed by atoms with E-state index in [1.54, 1.807) is 5.57 Å². The minimum Gasteiger partial charge on any atom is -0.351 e. The zero-order valence-corrected chi connectivity index (χ0v) is 12.4. The Balaban J connectivity index is 2.03. The van der Waals surface area contributed by atoms with Crippen LogP contribution in [-0.2, 0) is 6.54 Å². The number of anilines is 1. The third-order valence-electron chi connectivity index (χ3n) is 3.56. The summed E-state index contributed by atoms with van der Waals surface area (Å²) in [5.74, 6) is 0.976. The second-order valence-electron chi connectivity index (χ2n) is 6.09. The molecule has 0 spiro atoms. The van der Waals surface area contributed by atoms with Crippen LogP contribution in [0.4, 0.5) is 5.82 Å². The molecule has 1 aromatic heterocycles. The van der Waals surface area contributed by atoms with E-state index in [0.29, 0.717) is 0 Å². The summed E-state index contributed by atoms with van der Waals surface area (Å²) in [4.78, 5) is 2.28. The van der Waals surface area contributed by atoms with Gasteiger partial charge in [-0.3, -0.25) is 0 Å². The van der Waals surface area contributed by atoms with Crippen LogP contribution in [0, 0.1) is 5.41 Å². The zero-order valence-electron chi connectivity index (χ0n) is 12.4. The molecular weight excluding hydrogens is 236 g/mol. The van der Waals surface area contributed by atoms with Crippen LogP contribution in [0.1, 0.15) is 32.9 Å². The van der Waals surface area contributed by atoms with Crippen molar-refractivity contribution in [2.24, 2.45) is 5.41 Å². The normalized spacial score (nSPS) is 16.4. The highest BCUT2D eigenvalue weighted by Gasteiger charge is 2.21. The summed E-state index contributed by atoms with van der Waals surface area (Å²) in [5.41, 5.74) is 2.81. The highest BCUT2D eigenvalue weighted by molar-refractivity contribution is 5.40. The van der Waals surface area contributed by atoms with Crippen LogP contribution in [0.3, 0.4) is 0 Å². The summed E-state index contributed by atoms with van der Waals surface area (Å²) >= 11 is 0. The molecule has 0 amide bonds. The molecule has 4 heteroatoms. The molecule has 0 unspecified atom stereocenters. The molecule has 0 atom stereocenters. The summed E-state index contributed by atoms with van der Waals surface area (Å²) in [6, 6.07) is 4.11. The van der Waals surface area contributed by atoms with Gasteiger partial charge in [-0.15, -0.1) is 5.10 Å². The first-order valence-electron chi connectivity index (χ1n) is 6.92. The van der Waals surface area contributed by atoms with Gasteiger partial charge in [0.15, 0.2) is 5.82 Å². The van der Waals surface area contributed by atoms with Crippen molar-refractivity contribution in [2.45, 2.75) is 33.7 Å². The number of rotatable bonds is 3. The quantitative estimate of drug-likeness (QED) is 0.847. The Hall–Kier alpha value is -1.42. The topological polar surface area (TPSA) is 41.0 Å². The lowest BCUT2D eigenvalue weighted by atomic mass is 9.83. The summed E-state index contributed by atoms with van der Waals surface area (Å²) in [7, 11) is 1.92. The van der Waals surface area contributed by atoms with E-state index in [9.17, 15) is 0 Å². The minimum atomic E-state index is 0.286. The second-order valence-corrected chi connectivity index (χ2v) is 6.09. The number of aromatic nitrogens is 2. The predicted molar refractivity (Wildman–Crippen MR) is 79.2 cm³/mol. The maximum atomic E-state index is 4.31. The molecule has 1 N–H and O–H groups in total. The Morgan fingerprint density at radius 2 is 2.05 bits per heavy atom. The van der Waals surface area contributed by atoms with Crippen molar-refractivity contribution >= 4 is 5.82 Å². The van der Waals surface area contributed by atoms with Crippen molar-refractivity contribution in [1.29, 1.82) is 0 Å². The Morgan fingerprint density at radius 3 is 2.53 bits per heavy atom. The average molecular weight is 260 g/mol. The molecule has 4 nitrogen and oxygen atoms in total. The first kappa shape index (κ1) is 14.0. The highest BCUT2D eigenvalue weighted by atomic mass is 15.3. The monoisotopic (exact) mass is 260 g/mol. The van der Waals surface area contributed by atoms with E-state index in [-0.39, 0.29) is 5.41 Å². The molecule has 104 valence electrons. The van der Waals surface area contributed by atoms with Gasteiger partial charge in [-0.05, 0) is 31.0 Å². The molecule has 0 bridgehead atoms. The van der Waals surface area contributed by atoms with Gasteiger partial charge in [0, 0.05) is 19.6 Å². The molecule has 1 aliphatic heterocycles. The maximum absolute atomic E-state index is 4.31.